The minimum Gasteiger partial charge on any atom is -0.391 e. The molecule has 17 heavy (non-hydrogen) atoms. The van der Waals surface area contributed by atoms with Gasteiger partial charge in [-0.1, -0.05) is 0 Å². The molecule has 5 heteroatoms. The molecule has 3 nitrogen and oxygen atoms in total. The van der Waals surface area contributed by atoms with Crippen LogP contribution in [0.3, 0.4) is 0 Å². The van der Waals surface area contributed by atoms with Gasteiger partial charge in [-0.3, -0.25) is 4.79 Å². The van der Waals surface area contributed by atoms with Crippen LogP contribution in [0.4, 0.5) is 4.39 Å². The molecule has 1 aromatic rings. The molecule has 0 spiro atoms. The Labute approximate surface area is 107 Å². The molecule has 1 aromatic carbocycles. The molecule has 0 aliphatic carbocycles. The van der Waals surface area contributed by atoms with Gasteiger partial charge in [0.1, 0.15) is 5.82 Å². The van der Waals surface area contributed by atoms with Crippen molar-refractivity contribution < 1.29 is 14.3 Å². The molecule has 0 saturated carbocycles. The van der Waals surface area contributed by atoms with Crippen LogP contribution in [0.25, 0.3) is 0 Å². The topological polar surface area (TPSA) is 40.5 Å². The second-order valence-electron chi connectivity index (χ2n) is 4.17. The van der Waals surface area contributed by atoms with Crippen LogP contribution in [-0.4, -0.2) is 35.1 Å². The highest BCUT2D eigenvalue weighted by Gasteiger charge is 2.24. The fraction of sp³-hybridized carbons (Fsp3) is 0.417. The molecular weight excluding hydrogens is 289 g/mol. The van der Waals surface area contributed by atoms with Gasteiger partial charge in [0.05, 0.1) is 11.7 Å². The highest BCUT2D eigenvalue weighted by atomic mass is 79.9. The summed E-state index contributed by atoms with van der Waals surface area (Å²) in [4.78, 5) is 13.7. The molecule has 2 rings (SSSR count). The van der Waals surface area contributed by atoms with Crippen molar-refractivity contribution in [2.24, 2.45) is 0 Å². The molecule has 1 aliphatic rings. The predicted molar refractivity (Wildman–Crippen MR) is 65.2 cm³/mol. The van der Waals surface area contributed by atoms with Gasteiger partial charge in [-0.2, -0.15) is 0 Å². The van der Waals surface area contributed by atoms with E-state index in [1.807, 2.05) is 0 Å². The number of nitrogens with zero attached hydrogens (tertiary/aromatic N) is 1. The minimum absolute atomic E-state index is 0.171. The van der Waals surface area contributed by atoms with Crippen molar-refractivity contribution in [1.82, 2.24) is 4.90 Å². The largest absolute Gasteiger partial charge is 0.391 e. The number of carbonyl (C=O) groups is 1. The SMILES string of the molecule is O=C(c1ccc(F)cc1Br)N1CCCC(O)C1. The molecule has 1 atom stereocenters. The van der Waals surface area contributed by atoms with Gasteiger partial charge in [0.2, 0.25) is 0 Å². The Balaban J connectivity index is 2.18. The average molecular weight is 302 g/mol. The summed E-state index contributed by atoms with van der Waals surface area (Å²) in [7, 11) is 0. The van der Waals surface area contributed by atoms with Crippen LogP contribution in [0.5, 0.6) is 0 Å². The number of halogens is 2. The number of aliphatic hydroxyl groups excluding tert-OH is 1. The van der Waals surface area contributed by atoms with Gasteiger partial charge in [-0.25, -0.2) is 4.39 Å². The molecule has 1 fully saturated rings. The molecule has 0 bridgehead atoms. The zero-order chi connectivity index (χ0) is 12.4. The van der Waals surface area contributed by atoms with E-state index in [0.29, 0.717) is 23.1 Å². The summed E-state index contributed by atoms with van der Waals surface area (Å²) in [5, 5.41) is 9.52. The normalized spacial score (nSPS) is 20.4. The molecule has 1 unspecified atom stereocenters. The van der Waals surface area contributed by atoms with E-state index in [1.165, 1.54) is 18.2 Å². The van der Waals surface area contributed by atoms with Crippen LogP contribution in [0, 0.1) is 5.82 Å². The summed E-state index contributed by atoms with van der Waals surface area (Å²) in [5.41, 5.74) is 0.431. The monoisotopic (exact) mass is 301 g/mol. The molecule has 1 N–H and O–H groups in total. The number of likely N-dealkylation sites (tertiary alicyclic amines) is 1. The van der Waals surface area contributed by atoms with E-state index >= 15 is 0 Å². The molecule has 1 aliphatic heterocycles. The van der Waals surface area contributed by atoms with Gasteiger partial charge >= 0.3 is 0 Å². The minimum atomic E-state index is -0.452. The molecule has 0 radical (unpaired) electrons. The Kier molecular flexibility index (Phi) is 3.79. The third-order valence-electron chi connectivity index (χ3n) is 2.85. The van der Waals surface area contributed by atoms with Crippen LogP contribution in [0.15, 0.2) is 22.7 Å². The number of hydrogen-bond acceptors (Lipinski definition) is 2. The first-order valence-electron chi connectivity index (χ1n) is 5.50. The number of carbonyl (C=O) groups excluding carboxylic acids is 1. The van der Waals surface area contributed by atoms with E-state index in [4.69, 9.17) is 0 Å². The lowest BCUT2D eigenvalue weighted by molar-refractivity contribution is 0.0473. The van der Waals surface area contributed by atoms with Crippen molar-refractivity contribution in [3.63, 3.8) is 0 Å². The van der Waals surface area contributed by atoms with Gasteiger partial charge in [0.25, 0.3) is 5.91 Å². The first-order chi connectivity index (χ1) is 8.08. The van der Waals surface area contributed by atoms with Gasteiger partial charge in [-0.15, -0.1) is 0 Å². The van der Waals surface area contributed by atoms with Crippen molar-refractivity contribution >= 4 is 21.8 Å². The maximum absolute atomic E-state index is 12.9. The Morgan fingerprint density at radius 2 is 2.29 bits per heavy atom. The van der Waals surface area contributed by atoms with Gasteiger partial charge in [0.15, 0.2) is 0 Å². The number of amides is 1. The summed E-state index contributed by atoms with van der Waals surface area (Å²) in [5.74, 6) is -0.553. The Hall–Kier alpha value is -0.940. The molecule has 1 heterocycles. The van der Waals surface area contributed by atoms with Crippen molar-refractivity contribution in [1.29, 1.82) is 0 Å². The summed E-state index contributed by atoms with van der Waals surface area (Å²) in [6.45, 7) is 0.988. The van der Waals surface area contributed by atoms with E-state index in [2.05, 4.69) is 15.9 Å². The van der Waals surface area contributed by atoms with Crippen LogP contribution in [-0.2, 0) is 0 Å². The summed E-state index contributed by atoms with van der Waals surface area (Å²) >= 11 is 3.18. The van der Waals surface area contributed by atoms with Gasteiger partial charge < -0.3 is 10.0 Å². The molecule has 1 amide bonds. The second-order valence-corrected chi connectivity index (χ2v) is 5.03. The Bertz CT molecular complexity index is 439. The number of rotatable bonds is 1. The molecule has 0 aromatic heterocycles. The van der Waals surface area contributed by atoms with Gasteiger partial charge in [0, 0.05) is 17.6 Å². The number of β-amino-alcohol motifs (C(OH)–C–C–N with tert-alkyl or cyclic N) is 1. The lowest BCUT2D eigenvalue weighted by atomic mass is 10.1. The van der Waals surface area contributed by atoms with Crippen LogP contribution in [0.1, 0.15) is 23.2 Å². The van der Waals surface area contributed by atoms with E-state index < -0.39 is 6.10 Å². The van der Waals surface area contributed by atoms with E-state index in [0.717, 1.165) is 12.8 Å². The molecule has 92 valence electrons. The molecule has 1 saturated heterocycles. The summed E-state index contributed by atoms with van der Waals surface area (Å²) in [6, 6.07) is 3.99. The van der Waals surface area contributed by atoms with Crippen LogP contribution < -0.4 is 0 Å². The third-order valence-corrected chi connectivity index (χ3v) is 3.50. The number of benzene rings is 1. The third kappa shape index (κ3) is 2.84. The van der Waals surface area contributed by atoms with Gasteiger partial charge in [-0.05, 0) is 47.0 Å². The lowest BCUT2D eigenvalue weighted by Gasteiger charge is -2.30. The summed E-state index contributed by atoms with van der Waals surface area (Å²) < 4.78 is 13.4. The lowest BCUT2D eigenvalue weighted by Crippen LogP contribution is -2.42. The van der Waals surface area contributed by atoms with E-state index in [9.17, 15) is 14.3 Å². The number of aliphatic hydroxyl groups is 1. The Morgan fingerprint density at radius 1 is 1.53 bits per heavy atom. The second kappa shape index (κ2) is 5.14. The smallest absolute Gasteiger partial charge is 0.255 e. The predicted octanol–water partition coefficient (Wildman–Crippen LogP) is 2.19. The first kappa shape index (κ1) is 12.5. The molecular formula is C12H13BrFNO2. The van der Waals surface area contributed by atoms with Crippen molar-refractivity contribution in [2.75, 3.05) is 13.1 Å². The number of piperidine rings is 1. The quantitative estimate of drug-likeness (QED) is 0.864. The fourth-order valence-corrected chi connectivity index (χ4v) is 2.49. The van der Waals surface area contributed by atoms with Crippen molar-refractivity contribution in [2.45, 2.75) is 18.9 Å². The zero-order valence-corrected chi connectivity index (χ0v) is 10.8. The average Bonchev–Trinajstić information content (AvgIpc) is 2.28. The highest BCUT2D eigenvalue weighted by molar-refractivity contribution is 9.10. The van der Waals surface area contributed by atoms with Crippen LogP contribution in [0.2, 0.25) is 0 Å². The zero-order valence-electron chi connectivity index (χ0n) is 9.20. The number of hydrogen-bond donors (Lipinski definition) is 1. The maximum atomic E-state index is 12.9. The fourth-order valence-electron chi connectivity index (χ4n) is 1.97. The van der Waals surface area contributed by atoms with Crippen molar-refractivity contribution in [3.8, 4) is 0 Å². The van der Waals surface area contributed by atoms with E-state index in [-0.39, 0.29) is 11.7 Å². The highest BCUT2D eigenvalue weighted by Crippen LogP contribution is 2.21. The van der Waals surface area contributed by atoms with Crippen molar-refractivity contribution in [3.05, 3.63) is 34.1 Å². The van der Waals surface area contributed by atoms with E-state index in [1.54, 1.807) is 4.90 Å². The van der Waals surface area contributed by atoms with Crippen LogP contribution >= 0.6 is 15.9 Å². The Morgan fingerprint density at radius 3 is 2.94 bits per heavy atom. The summed E-state index contributed by atoms with van der Waals surface area (Å²) in [6.07, 6.45) is 1.08. The maximum Gasteiger partial charge on any atom is 0.255 e. The standard InChI is InChI=1S/C12H13BrFNO2/c13-11-6-8(14)3-4-10(11)12(17)15-5-1-2-9(16)7-15/h3-4,6,9,16H,1-2,5,7H2. The first-order valence-corrected chi connectivity index (χ1v) is 6.29.